The number of carbonyl (C=O) groups excluding carboxylic acids is 1. The molecule has 1 unspecified atom stereocenters. The first-order valence-electron chi connectivity index (χ1n) is 8.37. The van der Waals surface area contributed by atoms with Crippen molar-refractivity contribution < 1.29 is 4.79 Å². The first-order chi connectivity index (χ1) is 10.3. The van der Waals surface area contributed by atoms with Gasteiger partial charge in [-0.3, -0.25) is 4.79 Å². The van der Waals surface area contributed by atoms with Crippen LogP contribution >= 0.6 is 11.6 Å². The molecule has 0 saturated heterocycles. The van der Waals surface area contributed by atoms with Crippen LogP contribution in [0.2, 0.25) is 0 Å². The summed E-state index contributed by atoms with van der Waals surface area (Å²) in [5, 5.41) is -0.0226. The van der Waals surface area contributed by atoms with Crippen LogP contribution in [-0.2, 0) is 4.79 Å². The summed E-state index contributed by atoms with van der Waals surface area (Å²) in [5.74, 6) is 0. The van der Waals surface area contributed by atoms with Crippen LogP contribution in [0.25, 0.3) is 0 Å². The second-order valence-corrected chi connectivity index (χ2v) is 7.94. The van der Waals surface area contributed by atoms with E-state index in [1.54, 1.807) is 17.2 Å². The molecule has 124 valence electrons. The Kier molecular flexibility index (Phi) is 7.62. The second-order valence-electron chi connectivity index (χ2n) is 7.38. The van der Waals surface area contributed by atoms with E-state index in [1.807, 2.05) is 6.92 Å². The predicted octanol–water partition coefficient (Wildman–Crippen LogP) is 6.38. The fourth-order valence-corrected chi connectivity index (χ4v) is 3.95. The van der Waals surface area contributed by atoms with Gasteiger partial charge in [-0.15, -0.1) is 11.6 Å². The van der Waals surface area contributed by atoms with Crippen molar-refractivity contribution in [2.24, 2.45) is 5.41 Å². The largest absolute Gasteiger partial charge is 0.299 e. The summed E-state index contributed by atoms with van der Waals surface area (Å²) in [6, 6.07) is 0. The van der Waals surface area contributed by atoms with Crippen LogP contribution in [0.1, 0.15) is 73.1 Å². The minimum Gasteiger partial charge on any atom is -0.299 e. The molecule has 0 radical (unpaired) electrons. The van der Waals surface area contributed by atoms with Crippen LogP contribution in [0.3, 0.4) is 0 Å². The molecule has 1 nitrogen and oxygen atoms in total. The van der Waals surface area contributed by atoms with Gasteiger partial charge < -0.3 is 0 Å². The second kappa shape index (κ2) is 8.72. The van der Waals surface area contributed by atoms with Crippen LogP contribution in [0.4, 0.5) is 0 Å². The van der Waals surface area contributed by atoms with Gasteiger partial charge in [0.05, 0.1) is 5.38 Å². The Bertz CT molecular complexity index is 480. The van der Waals surface area contributed by atoms with E-state index in [0.29, 0.717) is 5.41 Å². The maximum Gasteiger partial charge on any atom is 0.142 e. The van der Waals surface area contributed by atoms with Gasteiger partial charge in [-0.2, -0.15) is 0 Å². The van der Waals surface area contributed by atoms with Crippen LogP contribution in [0, 0.1) is 5.41 Å². The Morgan fingerprint density at radius 3 is 2.59 bits per heavy atom. The highest BCUT2D eigenvalue weighted by atomic mass is 35.5. The standard InChI is InChI=1S/C20H31ClO/c1-15(13-18(21)14-16(2)10-12-22)8-9-19-17(3)7-6-11-20(19,4)5/h10,12-13,18H,6-9,11,14H2,1-5H3. The van der Waals surface area contributed by atoms with Gasteiger partial charge in [0.2, 0.25) is 0 Å². The molecule has 0 saturated carbocycles. The monoisotopic (exact) mass is 322 g/mol. The highest BCUT2D eigenvalue weighted by molar-refractivity contribution is 6.22. The van der Waals surface area contributed by atoms with E-state index in [2.05, 4.69) is 33.8 Å². The van der Waals surface area contributed by atoms with E-state index in [-0.39, 0.29) is 5.38 Å². The molecule has 1 rings (SSSR count). The molecule has 0 aliphatic heterocycles. The lowest BCUT2D eigenvalue weighted by Crippen LogP contribution is -2.20. The summed E-state index contributed by atoms with van der Waals surface area (Å²) >= 11 is 6.37. The van der Waals surface area contributed by atoms with E-state index in [4.69, 9.17) is 11.6 Å². The smallest absolute Gasteiger partial charge is 0.142 e. The molecule has 1 aliphatic carbocycles. The maximum atomic E-state index is 10.4. The van der Waals surface area contributed by atoms with Crippen molar-refractivity contribution in [3.8, 4) is 0 Å². The van der Waals surface area contributed by atoms with Gasteiger partial charge in [0.25, 0.3) is 0 Å². The number of aldehydes is 1. The van der Waals surface area contributed by atoms with Gasteiger partial charge in [0.15, 0.2) is 0 Å². The summed E-state index contributed by atoms with van der Waals surface area (Å²) < 4.78 is 0. The van der Waals surface area contributed by atoms with E-state index >= 15 is 0 Å². The molecule has 0 N–H and O–H groups in total. The molecule has 2 heteroatoms. The number of hydrogen-bond acceptors (Lipinski definition) is 1. The van der Waals surface area contributed by atoms with E-state index in [1.165, 1.54) is 24.8 Å². The van der Waals surface area contributed by atoms with Gasteiger partial charge in [-0.25, -0.2) is 0 Å². The first kappa shape index (κ1) is 19.2. The molecular weight excluding hydrogens is 292 g/mol. The van der Waals surface area contributed by atoms with Gasteiger partial charge in [-0.05, 0) is 70.8 Å². The van der Waals surface area contributed by atoms with Crippen LogP contribution in [0.15, 0.2) is 34.4 Å². The van der Waals surface area contributed by atoms with Crippen LogP contribution in [0.5, 0.6) is 0 Å². The highest BCUT2D eigenvalue weighted by Crippen LogP contribution is 2.42. The fourth-order valence-electron chi connectivity index (χ4n) is 3.49. The van der Waals surface area contributed by atoms with Crippen molar-refractivity contribution in [1.82, 2.24) is 0 Å². The number of rotatable bonds is 7. The number of carbonyl (C=O) groups is 1. The van der Waals surface area contributed by atoms with Crippen molar-refractivity contribution >= 4 is 17.9 Å². The zero-order valence-corrected chi connectivity index (χ0v) is 15.6. The molecule has 0 fully saturated rings. The van der Waals surface area contributed by atoms with Crippen molar-refractivity contribution in [1.29, 1.82) is 0 Å². The van der Waals surface area contributed by atoms with Crippen molar-refractivity contribution in [3.05, 3.63) is 34.4 Å². The summed E-state index contributed by atoms with van der Waals surface area (Å²) in [6.07, 6.45) is 11.4. The Hall–Kier alpha value is -0.820. The summed E-state index contributed by atoms with van der Waals surface area (Å²) in [4.78, 5) is 10.4. The molecule has 22 heavy (non-hydrogen) atoms. The third-order valence-electron chi connectivity index (χ3n) is 4.79. The average molecular weight is 323 g/mol. The zero-order chi connectivity index (χ0) is 16.8. The highest BCUT2D eigenvalue weighted by Gasteiger charge is 2.27. The lowest BCUT2D eigenvalue weighted by molar-refractivity contribution is -0.104. The Morgan fingerprint density at radius 1 is 1.32 bits per heavy atom. The normalized spacial score (nSPS) is 21.0. The van der Waals surface area contributed by atoms with Gasteiger partial charge >= 0.3 is 0 Å². The molecule has 0 spiro atoms. The number of halogens is 1. The molecule has 1 atom stereocenters. The van der Waals surface area contributed by atoms with Crippen molar-refractivity contribution in [2.75, 3.05) is 0 Å². The molecule has 0 aromatic heterocycles. The Labute approximate surface area is 141 Å². The minimum absolute atomic E-state index is 0.0226. The topological polar surface area (TPSA) is 17.1 Å². The number of alkyl halides is 1. The van der Waals surface area contributed by atoms with Crippen molar-refractivity contribution in [3.63, 3.8) is 0 Å². The zero-order valence-electron chi connectivity index (χ0n) is 14.8. The van der Waals surface area contributed by atoms with Gasteiger partial charge in [0.1, 0.15) is 6.29 Å². The SMILES string of the molecule is CC(=CC(Cl)CC(C)=CC=O)CCC1=C(C)CCCC1(C)C. The van der Waals surface area contributed by atoms with Gasteiger partial charge in [0, 0.05) is 0 Å². The van der Waals surface area contributed by atoms with E-state index in [0.717, 1.165) is 31.1 Å². The first-order valence-corrected chi connectivity index (χ1v) is 8.81. The predicted molar refractivity (Wildman–Crippen MR) is 97.4 cm³/mol. The molecule has 0 bridgehead atoms. The molecule has 1 aliphatic rings. The van der Waals surface area contributed by atoms with Gasteiger partial charge in [-0.1, -0.05) is 42.2 Å². The van der Waals surface area contributed by atoms with Crippen LogP contribution in [-0.4, -0.2) is 11.7 Å². The number of hydrogen-bond donors (Lipinski definition) is 0. The lowest BCUT2D eigenvalue weighted by atomic mass is 9.71. The molecule has 0 heterocycles. The third kappa shape index (κ3) is 6.12. The molecule has 0 aromatic rings. The van der Waals surface area contributed by atoms with Crippen molar-refractivity contribution in [2.45, 2.75) is 78.5 Å². The lowest BCUT2D eigenvalue weighted by Gasteiger charge is -2.35. The van der Waals surface area contributed by atoms with E-state index < -0.39 is 0 Å². The van der Waals surface area contributed by atoms with E-state index in [9.17, 15) is 4.79 Å². The Morgan fingerprint density at radius 2 is 2.00 bits per heavy atom. The quantitative estimate of drug-likeness (QED) is 0.230. The number of allylic oxidation sites excluding steroid dienone is 6. The summed E-state index contributed by atoms with van der Waals surface area (Å²) in [7, 11) is 0. The van der Waals surface area contributed by atoms with Crippen LogP contribution < -0.4 is 0 Å². The molecule has 0 aromatic carbocycles. The average Bonchev–Trinajstić information content (AvgIpc) is 2.37. The minimum atomic E-state index is -0.0226. The third-order valence-corrected chi connectivity index (χ3v) is 5.07. The maximum absolute atomic E-state index is 10.4. The molecule has 0 amide bonds. The molecular formula is C20H31ClO. The summed E-state index contributed by atoms with van der Waals surface area (Å²) in [5.41, 5.74) is 5.98. The summed E-state index contributed by atoms with van der Waals surface area (Å²) in [6.45, 7) is 11.2. The fraction of sp³-hybridized carbons (Fsp3) is 0.650. The Balaban J connectivity index is 2.61.